The van der Waals surface area contributed by atoms with Crippen LogP contribution < -0.4 is 4.90 Å². The number of aromatic nitrogens is 1. The van der Waals surface area contributed by atoms with Gasteiger partial charge in [0.05, 0.1) is 11.9 Å². The number of hydrogen-bond acceptors (Lipinski definition) is 2. The molecule has 0 bridgehead atoms. The van der Waals surface area contributed by atoms with Gasteiger partial charge in [0.15, 0.2) is 0 Å². The van der Waals surface area contributed by atoms with Crippen molar-refractivity contribution in [2.75, 3.05) is 4.90 Å². The first-order chi connectivity index (χ1) is 6.38. The fourth-order valence-corrected chi connectivity index (χ4v) is 1.47. The molecule has 2 nitrogen and oxygen atoms in total. The smallest absolute Gasteiger partial charge is 0.127 e. The predicted octanol–water partition coefficient (Wildman–Crippen LogP) is 2.53. The first-order valence-corrected chi connectivity index (χ1v) is 4.49. The Bertz CT molecular complexity index is 337. The molecule has 0 spiro atoms. The van der Waals surface area contributed by atoms with Crippen molar-refractivity contribution < 1.29 is 20.1 Å². The van der Waals surface area contributed by atoms with Crippen LogP contribution in [0.3, 0.4) is 0 Å². The molecule has 1 atom stereocenters. The van der Waals surface area contributed by atoms with E-state index in [1.54, 1.807) is 12.4 Å². The van der Waals surface area contributed by atoms with Crippen molar-refractivity contribution in [3.63, 3.8) is 0 Å². The van der Waals surface area contributed by atoms with Crippen LogP contribution in [-0.2, 0) is 20.1 Å². The van der Waals surface area contributed by atoms with Crippen LogP contribution in [0, 0.1) is 0 Å². The number of alkyl halides is 1. The summed E-state index contributed by atoms with van der Waals surface area (Å²) in [5.41, 5.74) is 0.886. The van der Waals surface area contributed by atoms with Gasteiger partial charge in [-0.25, -0.2) is 0 Å². The number of allylic oxidation sites excluding steroid dienone is 2. The minimum atomic E-state index is -0.116. The van der Waals surface area contributed by atoms with Gasteiger partial charge < -0.3 is 4.90 Å². The molecule has 0 amide bonds. The Balaban J connectivity index is 0.000000980. The maximum absolute atomic E-state index is 6.08. The van der Waals surface area contributed by atoms with Gasteiger partial charge in [-0.05, 0) is 24.3 Å². The van der Waals surface area contributed by atoms with E-state index in [4.69, 9.17) is 11.6 Å². The SMILES string of the molecule is ClC1C=CC=CN1c1cccnc1.[Ir]. The Morgan fingerprint density at radius 2 is 2.21 bits per heavy atom. The third kappa shape index (κ3) is 2.44. The van der Waals surface area contributed by atoms with Gasteiger partial charge in [-0.2, -0.15) is 0 Å². The molecule has 14 heavy (non-hydrogen) atoms. The van der Waals surface area contributed by atoms with Crippen molar-refractivity contribution in [2.24, 2.45) is 0 Å². The summed E-state index contributed by atoms with van der Waals surface area (Å²) in [7, 11) is 0. The Morgan fingerprint density at radius 1 is 1.36 bits per heavy atom. The molecular weight excluding hydrogens is 376 g/mol. The molecular formula is C10H9ClIrN2. The number of rotatable bonds is 1. The van der Waals surface area contributed by atoms with Gasteiger partial charge in [0, 0.05) is 32.5 Å². The molecule has 1 radical (unpaired) electrons. The van der Waals surface area contributed by atoms with Crippen molar-refractivity contribution >= 4 is 17.3 Å². The van der Waals surface area contributed by atoms with E-state index in [0.29, 0.717) is 0 Å². The van der Waals surface area contributed by atoms with E-state index in [2.05, 4.69) is 4.98 Å². The van der Waals surface area contributed by atoms with Gasteiger partial charge >= 0.3 is 0 Å². The summed E-state index contributed by atoms with van der Waals surface area (Å²) in [6, 6.07) is 3.87. The second kappa shape index (κ2) is 5.30. The van der Waals surface area contributed by atoms with Gasteiger partial charge in [-0.15, -0.1) is 0 Å². The molecule has 75 valence electrons. The summed E-state index contributed by atoms with van der Waals surface area (Å²) in [6.45, 7) is 0. The van der Waals surface area contributed by atoms with Gasteiger partial charge in [-0.3, -0.25) is 4.98 Å². The van der Waals surface area contributed by atoms with E-state index in [0.717, 1.165) is 5.69 Å². The van der Waals surface area contributed by atoms with Crippen LogP contribution in [-0.4, -0.2) is 10.5 Å². The first kappa shape index (κ1) is 11.4. The molecule has 4 heteroatoms. The summed E-state index contributed by atoms with van der Waals surface area (Å²) in [5, 5.41) is 0. The molecule has 0 aromatic carbocycles. The zero-order valence-electron chi connectivity index (χ0n) is 7.30. The van der Waals surface area contributed by atoms with Gasteiger partial charge in [0.2, 0.25) is 0 Å². The number of hydrogen-bond donors (Lipinski definition) is 0. The number of nitrogens with zero attached hydrogens (tertiary/aromatic N) is 2. The van der Waals surface area contributed by atoms with Crippen LogP contribution in [0.25, 0.3) is 0 Å². The van der Waals surface area contributed by atoms with Gasteiger partial charge in [0.1, 0.15) is 5.50 Å². The predicted molar refractivity (Wildman–Crippen MR) is 54.6 cm³/mol. The van der Waals surface area contributed by atoms with Crippen molar-refractivity contribution in [1.82, 2.24) is 4.98 Å². The second-order valence-electron chi connectivity index (χ2n) is 2.72. The molecule has 1 aliphatic rings. The molecule has 2 heterocycles. The topological polar surface area (TPSA) is 16.1 Å². The maximum Gasteiger partial charge on any atom is 0.127 e. The number of pyridine rings is 1. The van der Waals surface area contributed by atoms with Crippen LogP contribution in [0.4, 0.5) is 5.69 Å². The third-order valence-corrected chi connectivity index (χ3v) is 2.19. The van der Waals surface area contributed by atoms with Crippen molar-refractivity contribution in [1.29, 1.82) is 0 Å². The van der Waals surface area contributed by atoms with Crippen LogP contribution in [0.2, 0.25) is 0 Å². The molecule has 2 rings (SSSR count). The van der Waals surface area contributed by atoms with E-state index in [-0.39, 0.29) is 25.6 Å². The third-order valence-electron chi connectivity index (χ3n) is 1.84. The number of anilines is 1. The zero-order chi connectivity index (χ0) is 9.10. The van der Waals surface area contributed by atoms with Crippen molar-refractivity contribution in [2.45, 2.75) is 5.50 Å². The molecule has 0 saturated heterocycles. The van der Waals surface area contributed by atoms with Crippen molar-refractivity contribution in [3.05, 3.63) is 49.0 Å². The van der Waals surface area contributed by atoms with Crippen LogP contribution >= 0.6 is 11.6 Å². The van der Waals surface area contributed by atoms with Crippen LogP contribution in [0.5, 0.6) is 0 Å². The minimum Gasteiger partial charge on any atom is -0.326 e. The summed E-state index contributed by atoms with van der Waals surface area (Å²) in [4.78, 5) is 5.99. The molecule has 1 unspecified atom stereocenters. The molecule has 0 N–H and O–H groups in total. The Kier molecular flexibility index (Phi) is 4.33. The second-order valence-corrected chi connectivity index (χ2v) is 3.16. The van der Waals surface area contributed by atoms with Crippen LogP contribution in [0.1, 0.15) is 0 Å². The molecule has 1 aromatic rings. The number of halogens is 1. The van der Waals surface area contributed by atoms with Crippen LogP contribution in [0.15, 0.2) is 49.0 Å². The monoisotopic (exact) mass is 385 g/mol. The largest absolute Gasteiger partial charge is 0.326 e. The molecule has 0 aliphatic carbocycles. The zero-order valence-corrected chi connectivity index (χ0v) is 10.5. The summed E-state index contributed by atoms with van der Waals surface area (Å²) < 4.78 is 0. The summed E-state index contributed by atoms with van der Waals surface area (Å²) in [5.74, 6) is 0. The van der Waals surface area contributed by atoms with Gasteiger partial charge in [-0.1, -0.05) is 17.7 Å². The Morgan fingerprint density at radius 3 is 2.86 bits per heavy atom. The molecule has 1 aliphatic heterocycles. The average molecular weight is 385 g/mol. The van der Waals surface area contributed by atoms with E-state index in [1.165, 1.54) is 0 Å². The molecule has 1 aromatic heterocycles. The summed E-state index contributed by atoms with van der Waals surface area (Å²) in [6.07, 6.45) is 11.3. The molecule has 0 saturated carbocycles. The Hall–Kier alpha value is -0.631. The quantitative estimate of drug-likeness (QED) is 0.546. The standard InChI is InChI=1S/C10H9ClN2.Ir/c11-10-5-1-2-7-13(10)9-4-3-6-12-8-9;/h1-8,10H;. The first-order valence-electron chi connectivity index (χ1n) is 4.05. The van der Waals surface area contributed by atoms with E-state index >= 15 is 0 Å². The maximum atomic E-state index is 6.08. The average Bonchev–Trinajstić information content (AvgIpc) is 2.20. The van der Waals surface area contributed by atoms with Gasteiger partial charge in [0.25, 0.3) is 0 Å². The van der Waals surface area contributed by atoms with E-state index in [1.807, 2.05) is 41.5 Å². The Labute approximate surface area is 102 Å². The molecule has 0 fully saturated rings. The summed E-state index contributed by atoms with van der Waals surface area (Å²) >= 11 is 6.08. The fraction of sp³-hybridized carbons (Fsp3) is 0.100. The fourth-order valence-electron chi connectivity index (χ4n) is 1.21. The van der Waals surface area contributed by atoms with E-state index in [9.17, 15) is 0 Å². The van der Waals surface area contributed by atoms with E-state index < -0.39 is 0 Å². The minimum absolute atomic E-state index is 0. The van der Waals surface area contributed by atoms with Crippen molar-refractivity contribution in [3.8, 4) is 0 Å². The normalized spacial score (nSPS) is 19.2.